The zero-order chi connectivity index (χ0) is 9.97. The zero-order valence-electron chi connectivity index (χ0n) is 8.07. The summed E-state index contributed by atoms with van der Waals surface area (Å²) >= 11 is 0. The van der Waals surface area contributed by atoms with Crippen LogP contribution in [0.25, 0.3) is 0 Å². The van der Waals surface area contributed by atoms with Crippen LogP contribution in [-0.2, 0) is 0 Å². The summed E-state index contributed by atoms with van der Waals surface area (Å²) in [6.07, 6.45) is 5.67. The van der Waals surface area contributed by atoms with Gasteiger partial charge in [-0.1, -0.05) is 0 Å². The van der Waals surface area contributed by atoms with E-state index in [0.717, 1.165) is 31.4 Å². The predicted octanol–water partition coefficient (Wildman–Crippen LogP) is 0.755. The summed E-state index contributed by atoms with van der Waals surface area (Å²) in [4.78, 5) is 17.8. The van der Waals surface area contributed by atoms with Gasteiger partial charge in [0.1, 0.15) is 0 Å². The van der Waals surface area contributed by atoms with Gasteiger partial charge in [-0.3, -0.25) is 4.79 Å². The molecule has 4 nitrogen and oxygen atoms in total. The summed E-state index contributed by atoms with van der Waals surface area (Å²) in [7, 11) is 0. The summed E-state index contributed by atoms with van der Waals surface area (Å²) in [5.74, 6) is 0.428. The van der Waals surface area contributed by atoms with Crippen LogP contribution in [0, 0.1) is 0 Å². The third-order valence-corrected chi connectivity index (χ3v) is 2.89. The molecule has 0 bridgehead atoms. The summed E-state index contributed by atoms with van der Waals surface area (Å²) in [6, 6.07) is 1.94. The van der Waals surface area contributed by atoms with E-state index in [0.29, 0.717) is 12.0 Å². The maximum Gasteiger partial charge on any atom is 0.250 e. The average molecular weight is 193 g/mol. The molecule has 1 aliphatic carbocycles. The number of nitrogens with one attached hydrogen (secondary N) is 1. The first-order valence-corrected chi connectivity index (χ1v) is 5.06. The third kappa shape index (κ3) is 2.01. The fourth-order valence-corrected chi connectivity index (χ4v) is 2.02. The van der Waals surface area contributed by atoms with Crippen LogP contribution in [0.2, 0.25) is 0 Å². The van der Waals surface area contributed by atoms with Gasteiger partial charge in [-0.05, 0) is 25.7 Å². The highest BCUT2D eigenvalue weighted by Gasteiger charge is 2.20. The molecule has 1 aromatic rings. The van der Waals surface area contributed by atoms with Crippen molar-refractivity contribution in [3.05, 3.63) is 28.4 Å². The van der Waals surface area contributed by atoms with Crippen molar-refractivity contribution in [1.29, 1.82) is 0 Å². The van der Waals surface area contributed by atoms with Crippen molar-refractivity contribution in [3.8, 4) is 0 Å². The normalized spacial score (nSPS) is 27.5. The number of hydrogen-bond acceptors (Lipinski definition) is 3. The Kier molecular flexibility index (Phi) is 2.63. The van der Waals surface area contributed by atoms with Gasteiger partial charge in [-0.25, -0.2) is 4.98 Å². The molecular weight excluding hydrogens is 178 g/mol. The third-order valence-electron chi connectivity index (χ3n) is 2.89. The first-order chi connectivity index (χ1) is 6.75. The number of aromatic amines is 1. The molecule has 1 aromatic heterocycles. The van der Waals surface area contributed by atoms with E-state index in [2.05, 4.69) is 9.97 Å². The summed E-state index contributed by atoms with van der Waals surface area (Å²) in [6.45, 7) is 0. The Hall–Kier alpha value is -1.16. The molecule has 0 saturated heterocycles. The first kappa shape index (κ1) is 9.40. The molecule has 4 heteroatoms. The van der Waals surface area contributed by atoms with Crippen LogP contribution < -0.4 is 11.3 Å². The van der Waals surface area contributed by atoms with E-state index in [1.165, 1.54) is 6.33 Å². The van der Waals surface area contributed by atoms with Crippen LogP contribution >= 0.6 is 0 Å². The van der Waals surface area contributed by atoms with Crippen LogP contribution in [0.5, 0.6) is 0 Å². The topological polar surface area (TPSA) is 71.8 Å². The van der Waals surface area contributed by atoms with Gasteiger partial charge in [0.25, 0.3) is 5.56 Å². The lowest BCUT2D eigenvalue weighted by molar-refractivity contribution is 0.390. The molecule has 1 saturated carbocycles. The minimum Gasteiger partial charge on any atom is -0.328 e. The summed E-state index contributed by atoms with van der Waals surface area (Å²) in [5, 5.41) is 0. The van der Waals surface area contributed by atoms with Crippen molar-refractivity contribution in [2.24, 2.45) is 5.73 Å². The first-order valence-electron chi connectivity index (χ1n) is 5.06. The molecule has 0 atom stereocenters. The van der Waals surface area contributed by atoms with Crippen LogP contribution in [0.15, 0.2) is 17.2 Å². The number of H-pyrrole nitrogens is 1. The quantitative estimate of drug-likeness (QED) is 0.691. The summed E-state index contributed by atoms with van der Waals surface area (Å²) in [5.41, 5.74) is 6.67. The molecule has 0 spiro atoms. The van der Waals surface area contributed by atoms with Crippen molar-refractivity contribution in [3.63, 3.8) is 0 Å². The Morgan fingerprint density at radius 3 is 2.71 bits per heavy atom. The lowest BCUT2D eigenvalue weighted by Gasteiger charge is -2.25. The van der Waals surface area contributed by atoms with Gasteiger partial charge in [0.15, 0.2) is 0 Å². The van der Waals surface area contributed by atoms with E-state index in [1.807, 2.05) is 0 Å². The van der Waals surface area contributed by atoms with Crippen LogP contribution in [0.1, 0.15) is 37.3 Å². The van der Waals surface area contributed by atoms with Crippen molar-refractivity contribution in [2.45, 2.75) is 37.6 Å². The van der Waals surface area contributed by atoms with Gasteiger partial charge in [0.2, 0.25) is 0 Å². The van der Waals surface area contributed by atoms with Gasteiger partial charge in [0.05, 0.1) is 12.0 Å². The fraction of sp³-hybridized carbons (Fsp3) is 0.600. The number of hydrogen-bond donors (Lipinski definition) is 2. The summed E-state index contributed by atoms with van der Waals surface area (Å²) < 4.78 is 0. The van der Waals surface area contributed by atoms with Crippen molar-refractivity contribution in [1.82, 2.24) is 9.97 Å². The van der Waals surface area contributed by atoms with E-state index in [9.17, 15) is 4.79 Å². The van der Waals surface area contributed by atoms with E-state index < -0.39 is 0 Å². The highest BCUT2D eigenvalue weighted by Crippen LogP contribution is 2.30. The lowest BCUT2D eigenvalue weighted by Crippen LogP contribution is -2.26. The molecule has 2 rings (SSSR count). The molecular formula is C10H15N3O. The van der Waals surface area contributed by atoms with E-state index >= 15 is 0 Å². The Balaban J connectivity index is 2.12. The molecule has 76 valence electrons. The molecule has 0 unspecified atom stereocenters. The zero-order valence-corrected chi connectivity index (χ0v) is 8.07. The van der Waals surface area contributed by atoms with Gasteiger partial charge in [0, 0.05) is 18.0 Å². The van der Waals surface area contributed by atoms with Crippen LogP contribution in [-0.4, -0.2) is 16.0 Å². The molecule has 1 heterocycles. The molecule has 1 fully saturated rings. The highest BCUT2D eigenvalue weighted by molar-refractivity contribution is 5.07. The lowest BCUT2D eigenvalue weighted by atomic mass is 9.84. The molecule has 0 amide bonds. The van der Waals surface area contributed by atoms with Gasteiger partial charge in [-0.2, -0.15) is 0 Å². The largest absolute Gasteiger partial charge is 0.328 e. The van der Waals surface area contributed by atoms with E-state index in [1.54, 1.807) is 6.07 Å². The number of aromatic nitrogens is 2. The monoisotopic (exact) mass is 193 g/mol. The average Bonchev–Trinajstić information content (AvgIpc) is 2.19. The molecule has 0 radical (unpaired) electrons. The molecule has 0 aromatic carbocycles. The van der Waals surface area contributed by atoms with Crippen molar-refractivity contribution in [2.75, 3.05) is 0 Å². The second-order valence-corrected chi connectivity index (χ2v) is 3.95. The highest BCUT2D eigenvalue weighted by atomic mass is 16.1. The second kappa shape index (κ2) is 3.92. The number of rotatable bonds is 1. The molecule has 0 aliphatic heterocycles. The van der Waals surface area contributed by atoms with Gasteiger partial charge in [-0.15, -0.1) is 0 Å². The van der Waals surface area contributed by atoms with Crippen LogP contribution in [0.4, 0.5) is 0 Å². The maximum atomic E-state index is 11.1. The Morgan fingerprint density at radius 2 is 2.07 bits per heavy atom. The molecule has 3 N–H and O–H groups in total. The fourth-order valence-electron chi connectivity index (χ4n) is 2.02. The number of nitrogens with two attached hydrogens (primary N) is 1. The Morgan fingerprint density at radius 1 is 1.36 bits per heavy atom. The van der Waals surface area contributed by atoms with Crippen molar-refractivity contribution >= 4 is 0 Å². The smallest absolute Gasteiger partial charge is 0.250 e. The SMILES string of the molecule is NC1CCC(c2cc(=O)[nH]cn2)CC1. The van der Waals surface area contributed by atoms with Crippen LogP contribution in [0.3, 0.4) is 0 Å². The molecule has 14 heavy (non-hydrogen) atoms. The van der Waals surface area contributed by atoms with Gasteiger partial charge >= 0.3 is 0 Å². The minimum absolute atomic E-state index is 0.0649. The number of nitrogens with zero attached hydrogens (tertiary/aromatic N) is 1. The predicted molar refractivity (Wildman–Crippen MR) is 54.0 cm³/mol. The van der Waals surface area contributed by atoms with E-state index in [4.69, 9.17) is 5.73 Å². The molecule has 1 aliphatic rings. The van der Waals surface area contributed by atoms with Gasteiger partial charge < -0.3 is 10.7 Å². The Bertz CT molecular complexity index is 352. The van der Waals surface area contributed by atoms with Crippen molar-refractivity contribution < 1.29 is 0 Å². The Labute approximate surface area is 82.6 Å². The standard InChI is InChI=1S/C10H15N3O/c11-8-3-1-7(2-4-8)9-5-10(14)13-6-12-9/h5-8H,1-4,11H2,(H,12,13,14). The van der Waals surface area contributed by atoms with E-state index in [-0.39, 0.29) is 5.56 Å². The second-order valence-electron chi connectivity index (χ2n) is 3.95. The maximum absolute atomic E-state index is 11.1. The minimum atomic E-state index is -0.0649.